The molecular weight excluding hydrogens is 352 g/mol. The summed E-state index contributed by atoms with van der Waals surface area (Å²) >= 11 is 1.27. The van der Waals surface area contributed by atoms with Gasteiger partial charge in [-0.15, -0.1) is 0 Å². The standard InChI is InChI=1S/C19H18N2O4S/c1-23-14-11-16(25-3)15(24-2)9-12(14)10-17-18(22)21-19(26-17)20-13-7-5-4-6-8-13/h4-11H,1-3H3,(H,20,21,22)/b17-10+. The lowest BCUT2D eigenvalue weighted by molar-refractivity contribution is -0.115. The first-order valence-corrected chi connectivity index (χ1v) is 8.61. The van der Waals surface area contributed by atoms with Crippen LogP contribution in [-0.4, -0.2) is 32.4 Å². The molecule has 1 aliphatic rings. The number of hydrogen-bond donors (Lipinski definition) is 1. The van der Waals surface area contributed by atoms with Gasteiger partial charge < -0.3 is 19.5 Å². The Kier molecular flexibility index (Phi) is 5.48. The van der Waals surface area contributed by atoms with Gasteiger partial charge in [0.1, 0.15) is 5.75 Å². The van der Waals surface area contributed by atoms with Gasteiger partial charge in [0.15, 0.2) is 16.7 Å². The average molecular weight is 370 g/mol. The highest BCUT2D eigenvalue weighted by atomic mass is 32.2. The van der Waals surface area contributed by atoms with Crippen molar-refractivity contribution in [3.8, 4) is 17.2 Å². The highest BCUT2D eigenvalue weighted by Gasteiger charge is 2.24. The van der Waals surface area contributed by atoms with E-state index in [0.717, 1.165) is 5.69 Å². The van der Waals surface area contributed by atoms with E-state index in [0.29, 0.717) is 32.9 Å². The smallest absolute Gasteiger partial charge is 0.264 e. The Bertz CT molecular complexity index is 879. The fourth-order valence-corrected chi connectivity index (χ4v) is 3.24. The number of aliphatic imine (C=N–C) groups is 1. The molecule has 0 unspecified atom stereocenters. The van der Waals surface area contributed by atoms with Gasteiger partial charge in [-0.05, 0) is 36.0 Å². The Hall–Kier alpha value is -2.93. The molecule has 1 N–H and O–H groups in total. The molecule has 0 spiro atoms. The van der Waals surface area contributed by atoms with Crippen LogP contribution >= 0.6 is 11.8 Å². The number of nitrogens with zero attached hydrogens (tertiary/aromatic N) is 1. The zero-order valence-electron chi connectivity index (χ0n) is 14.6. The normalized spacial score (nSPS) is 16.7. The van der Waals surface area contributed by atoms with Gasteiger partial charge in [0.2, 0.25) is 0 Å². The zero-order chi connectivity index (χ0) is 18.5. The molecule has 1 fully saturated rings. The van der Waals surface area contributed by atoms with E-state index in [1.807, 2.05) is 30.3 Å². The number of methoxy groups -OCH3 is 3. The summed E-state index contributed by atoms with van der Waals surface area (Å²) in [7, 11) is 4.68. The van der Waals surface area contributed by atoms with Crippen LogP contribution in [0.2, 0.25) is 0 Å². The van der Waals surface area contributed by atoms with Crippen molar-refractivity contribution in [2.75, 3.05) is 21.3 Å². The number of rotatable bonds is 5. The van der Waals surface area contributed by atoms with E-state index in [2.05, 4.69) is 10.3 Å². The van der Waals surface area contributed by atoms with Crippen molar-refractivity contribution < 1.29 is 19.0 Å². The summed E-state index contributed by atoms with van der Waals surface area (Å²) in [6, 6.07) is 12.9. The summed E-state index contributed by atoms with van der Waals surface area (Å²) in [5, 5.41) is 3.30. The van der Waals surface area contributed by atoms with Crippen LogP contribution in [0.25, 0.3) is 6.08 Å². The molecule has 0 atom stereocenters. The van der Waals surface area contributed by atoms with E-state index in [4.69, 9.17) is 14.2 Å². The van der Waals surface area contributed by atoms with E-state index >= 15 is 0 Å². The molecule has 0 aliphatic carbocycles. The van der Waals surface area contributed by atoms with E-state index in [-0.39, 0.29) is 5.91 Å². The Morgan fingerprint density at radius 2 is 1.62 bits per heavy atom. The third kappa shape index (κ3) is 3.83. The van der Waals surface area contributed by atoms with Crippen LogP contribution in [0.3, 0.4) is 0 Å². The molecule has 134 valence electrons. The SMILES string of the molecule is COc1cc(OC)c(OC)cc1/C=C1/SC(=Nc2ccccc2)NC1=O. The van der Waals surface area contributed by atoms with Crippen LogP contribution in [-0.2, 0) is 4.79 Å². The second kappa shape index (κ2) is 7.97. The number of benzene rings is 2. The predicted octanol–water partition coefficient (Wildman–Crippen LogP) is 3.60. The van der Waals surface area contributed by atoms with E-state index < -0.39 is 0 Å². The molecule has 2 aromatic carbocycles. The van der Waals surface area contributed by atoms with Gasteiger partial charge in [-0.2, -0.15) is 0 Å². The van der Waals surface area contributed by atoms with Crippen LogP contribution in [0.15, 0.2) is 52.4 Å². The Balaban J connectivity index is 1.93. The van der Waals surface area contributed by atoms with Crippen LogP contribution in [0.1, 0.15) is 5.56 Å². The summed E-state index contributed by atoms with van der Waals surface area (Å²) in [5.74, 6) is 1.49. The van der Waals surface area contributed by atoms with Crippen molar-refractivity contribution in [3.63, 3.8) is 0 Å². The topological polar surface area (TPSA) is 69.2 Å². The predicted molar refractivity (Wildman–Crippen MR) is 103 cm³/mol. The first-order valence-electron chi connectivity index (χ1n) is 7.79. The first kappa shape index (κ1) is 17.9. The monoisotopic (exact) mass is 370 g/mol. The molecule has 0 bridgehead atoms. The maximum Gasteiger partial charge on any atom is 0.264 e. The van der Waals surface area contributed by atoms with E-state index in [1.54, 1.807) is 39.5 Å². The fourth-order valence-electron chi connectivity index (χ4n) is 2.41. The Morgan fingerprint density at radius 3 is 2.27 bits per heavy atom. The Labute approximate surface area is 155 Å². The maximum absolute atomic E-state index is 12.3. The van der Waals surface area contributed by atoms with Gasteiger partial charge in [-0.3, -0.25) is 4.79 Å². The third-order valence-electron chi connectivity index (χ3n) is 3.66. The van der Waals surface area contributed by atoms with Crippen molar-refractivity contribution in [1.82, 2.24) is 5.32 Å². The average Bonchev–Trinajstić information content (AvgIpc) is 3.01. The number of thioether (sulfide) groups is 1. The molecule has 1 aliphatic heterocycles. The van der Waals surface area contributed by atoms with Gasteiger partial charge in [0, 0.05) is 11.6 Å². The highest BCUT2D eigenvalue weighted by Crippen LogP contribution is 2.37. The summed E-state index contributed by atoms with van der Waals surface area (Å²) in [4.78, 5) is 17.2. The molecule has 1 saturated heterocycles. The quantitative estimate of drug-likeness (QED) is 0.815. The number of carbonyl (C=O) groups excluding carboxylic acids is 1. The molecule has 0 aromatic heterocycles. The molecule has 0 saturated carbocycles. The molecule has 2 aromatic rings. The maximum atomic E-state index is 12.3. The number of para-hydroxylation sites is 1. The summed E-state index contributed by atoms with van der Waals surface area (Å²) in [5.41, 5.74) is 1.49. The molecule has 6 nitrogen and oxygen atoms in total. The minimum Gasteiger partial charge on any atom is -0.496 e. The molecule has 0 radical (unpaired) electrons. The molecule has 3 rings (SSSR count). The molecule has 1 amide bonds. The van der Waals surface area contributed by atoms with Crippen LogP contribution < -0.4 is 19.5 Å². The van der Waals surface area contributed by atoms with Crippen molar-refractivity contribution in [2.45, 2.75) is 0 Å². The minimum absolute atomic E-state index is 0.207. The minimum atomic E-state index is -0.207. The lowest BCUT2D eigenvalue weighted by Crippen LogP contribution is -2.19. The van der Waals surface area contributed by atoms with Gasteiger partial charge in [-0.25, -0.2) is 4.99 Å². The number of amides is 1. The lowest BCUT2D eigenvalue weighted by Gasteiger charge is -2.12. The number of carbonyl (C=O) groups is 1. The van der Waals surface area contributed by atoms with Gasteiger partial charge in [-0.1, -0.05) is 18.2 Å². The lowest BCUT2D eigenvalue weighted by atomic mass is 10.1. The summed E-state index contributed by atoms with van der Waals surface area (Å²) < 4.78 is 16.0. The van der Waals surface area contributed by atoms with E-state index in [9.17, 15) is 4.79 Å². The second-order valence-electron chi connectivity index (χ2n) is 5.27. The molecule has 1 heterocycles. The third-order valence-corrected chi connectivity index (χ3v) is 4.57. The van der Waals surface area contributed by atoms with Crippen molar-refractivity contribution >= 4 is 34.6 Å². The largest absolute Gasteiger partial charge is 0.496 e. The number of amidine groups is 1. The molecular formula is C19H18N2O4S. The van der Waals surface area contributed by atoms with E-state index in [1.165, 1.54) is 11.8 Å². The Morgan fingerprint density at radius 1 is 0.962 bits per heavy atom. The van der Waals surface area contributed by atoms with Crippen molar-refractivity contribution in [2.24, 2.45) is 4.99 Å². The van der Waals surface area contributed by atoms with Crippen LogP contribution in [0.4, 0.5) is 5.69 Å². The summed E-state index contributed by atoms with van der Waals surface area (Å²) in [6.45, 7) is 0. The second-order valence-corrected chi connectivity index (χ2v) is 6.30. The van der Waals surface area contributed by atoms with Crippen molar-refractivity contribution in [3.05, 3.63) is 52.9 Å². The fraction of sp³-hybridized carbons (Fsp3) is 0.158. The van der Waals surface area contributed by atoms with Crippen LogP contribution in [0, 0.1) is 0 Å². The summed E-state index contributed by atoms with van der Waals surface area (Å²) in [6.07, 6.45) is 1.74. The number of hydrogen-bond acceptors (Lipinski definition) is 6. The molecule has 26 heavy (non-hydrogen) atoms. The first-order chi connectivity index (χ1) is 12.6. The van der Waals surface area contributed by atoms with Gasteiger partial charge in [0.25, 0.3) is 5.91 Å². The number of nitrogens with one attached hydrogen (secondary N) is 1. The number of ether oxygens (including phenoxy) is 3. The van der Waals surface area contributed by atoms with Crippen LogP contribution in [0.5, 0.6) is 17.2 Å². The molecule has 7 heteroatoms. The zero-order valence-corrected chi connectivity index (χ0v) is 15.4. The van der Waals surface area contributed by atoms with Gasteiger partial charge in [0.05, 0.1) is 31.9 Å². The van der Waals surface area contributed by atoms with Gasteiger partial charge >= 0.3 is 0 Å². The highest BCUT2D eigenvalue weighted by molar-refractivity contribution is 8.18. The van der Waals surface area contributed by atoms with Crippen molar-refractivity contribution in [1.29, 1.82) is 0 Å².